The summed E-state index contributed by atoms with van der Waals surface area (Å²) in [7, 11) is 3.88. The van der Waals surface area contributed by atoms with E-state index in [1.165, 1.54) is 12.0 Å². The minimum atomic E-state index is -0.253. The number of hydrogen-bond acceptors (Lipinski definition) is 4. The second-order valence-corrected chi connectivity index (χ2v) is 8.98. The summed E-state index contributed by atoms with van der Waals surface area (Å²) in [4.78, 5) is 19.0. The molecule has 1 heterocycles. The maximum Gasteiger partial charge on any atom is 0.242 e. The standard InChI is InChI=1S/C23H39N5O2.HI/c1-7-24-22(26-16-20(29)27-23(2,3)4)25-15-18-9-8-14-28(5)21(18)17-10-12-19(30-6)13-11-17;/h10-13,18,21H,7-9,14-16H2,1-6H3,(H,27,29)(H2,24,25,26);1H. The average molecular weight is 546 g/mol. The van der Waals surface area contributed by atoms with Gasteiger partial charge < -0.3 is 20.7 Å². The highest BCUT2D eigenvalue weighted by molar-refractivity contribution is 14.0. The Morgan fingerprint density at radius 2 is 1.90 bits per heavy atom. The number of guanidine groups is 1. The maximum absolute atomic E-state index is 12.1. The average Bonchev–Trinajstić information content (AvgIpc) is 2.69. The van der Waals surface area contributed by atoms with Crippen LogP contribution in [0.4, 0.5) is 0 Å². The molecule has 1 saturated heterocycles. The number of carbonyl (C=O) groups excluding carboxylic acids is 1. The molecule has 1 aromatic carbocycles. The summed E-state index contributed by atoms with van der Waals surface area (Å²) < 4.78 is 5.31. The number of ether oxygens (including phenoxy) is 1. The molecular weight excluding hydrogens is 505 g/mol. The van der Waals surface area contributed by atoms with Gasteiger partial charge in [-0.15, -0.1) is 24.0 Å². The van der Waals surface area contributed by atoms with Crippen molar-refractivity contribution in [2.45, 2.75) is 52.1 Å². The summed E-state index contributed by atoms with van der Waals surface area (Å²) in [5, 5.41) is 9.66. The van der Waals surface area contributed by atoms with Crippen molar-refractivity contribution in [3.8, 4) is 5.75 Å². The van der Waals surface area contributed by atoms with Crippen molar-refractivity contribution in [2.24, 2.45) is 10.9 Å². The number of carbonyl (C=O) groups is 1. The molecule has 1 amide bonds. The van der Waals surface area contributed by atoms with Crippen molar-refractivity contribution in [2.75, 3.05) is 40.3 Å². The van der Waals surface area contributed by atoms with E-state index in [1.807, 2.05) is 39.8 Å². The van der Waals surface area contributed by atoms with Gasteiger partial charge in [-0.25, -0.2) is 4.99 Å². The highest BCUT2D eigenvalue weighted by Gasteiger charge is 2.30. The first-order chi connectivity index (χ1) is 14.2. The largest absolute Gasteiger partial charge is 0.497 e. The molecule has 1 aliphatic heterocycles. The second kappa shape index (κ2) is 13.1. The van der Waals surface area contributed by atoms with Gasteiger partial charge in [0.25, 0.3) is 0 Å². The van der Waals surface area contributed by atoms with Crippen LogP contribution < -0.4 is 20.7 Å². The lowest BCUT2D eigenvalue weighted by Gasteiger charge is -2.40. The Bertz CT molecular complexity index is 703. The number of hydrogen-bond donors (Lipinski definition) is 3. The van der Waals surface area contributed by atoms with Gasteiger partial charge in [-0.1, -0.05) is 12.1 Å². The van der Waals surface area contributed by atoms with Crippen LogP contribution in [0, 0.1) is 5.92 Å². The Morgan fingerprint density at radius 3 is 2.48 bits per heavy atom. The fraction of sp³-hybridized carbons (Fsp3) is 0.652. The number of benzene rings is 1. The number of nitrogens with zero attached hydrogens (tertiary/aromatic N) is 2. The molecule has 0 radical (unpaired) electrons. The molecule has 2 unspecified atom stereocenters. The van der Waals surface area contributed by atoms with Gasteiger partial charge in [0, 0.05) is 24.7 Å². The lowest BCUT2D eigenvalue weighted by atomic mass is 9.85. The van der Waals surface area contributed by atoms with Gasteiger partial charge in [0.1, 0.15) is 12.3 Å². The summed E-state index contributed by atoms with van der Waals surface area (Å²) in [5.41, 5.74) is 1.05. The molecule has 0 bridgehead atoms. The van der Waals surface area contributed by atoms with Crippen LogP contribution in [0.25, 0.3) is 0 Å². The Balaban J connectivity index is 0.00000480. The van der Waals surface area contributed by atoms with Crippen molar-refractivity contribution >= 4 is 35.8 Å². The molecule has 3 N–H and O–H groups in total. The summed E-state index contributed by atoms with van der Waals surface area (Å²) in [6.07, 6.45) is 2.33. The molecule has 1 aromatic rings. The van der Waals surface area contributed by atoms with Crippen LogP contribution in [0.2, 0.25) is 0 Å². The first-order valence-corrected chi connectivity index (χ1v) is 10.9. The molecule has 1 fully saturated rings. The number of amides is 1. The first-order valence-electron chi connectivity index (χ1n) is 10.9. The number of nitrogens with one attached hydrogen (secondary N) is 3. The molecule has 0 saturated carbocycles. The fourth-order valence-electron chi connectivity index (χ4n) is 3.98. The predicted octanol–water partition coefficient (Wildman–Crippen LogP) is 3.17. The quantitative estimate of drug-likeness (QED) is 0.279. The molecule has 176 valence electrons. The van der Waals surface area contributed by atoms with Crippen LogP contribution in [0.1, 0.15) is 52.1 Å². The number of halogens is 1. The van der Waals surface area contributed by atoms with Crippen LogP contribution in [-0.2, 0) is 4.79 Å². The third kappa shape index (κ3) is 9.22. The minimum Gasteiger partial charge on any atom is -0.497 e. The van der Waals surface area contributed by atoms with E-state index in [1.54, 1.807) is 7.11 Å². The van der Waals surface area contributed by atoms with Gasteiger partial charge >= 0.3 is 0 Å². The Morgan fingerprint density at radius 1 is 1.23 bits per heavy atom. The van der Waals surface area contributed by atoms with E-state index >= 15 is 0 Å². The number of likely N-dealkylation sites (tertiary alicyclic amines) is 1. The van der Waals surface area contributed by atoms with Gasteiger partial charge in [0.15, 0.2) is 5.96 Å². The van der Waals surface area contributed by atoms with E-state index in [0.29, 0.717) is 17.9 Å². The molecular formula is C23H40IN5O2. The molecule has 2 atom stereocenters. The highest BCUT2D eigenvalue weighted by Crippen LogP contribution is 2.35. The van der Waals surface area contributed by atoms with Crippen LogP contribution in [0.5, 0.6) is 5.75 Å². The van der Waals surface area contributed by atoms with E-state index in [-0.39, 0.29) is 42.0 Å². The molecule has 31 heavy (non-hydrogen) atoms. The van der Waals surface area contributed by atoms with Crippen molar-refractivity contribution in [3.05, 3.63) is 29.8 Å². The first kappa shape index (κ1) is 27.5. The van der Waals surface area contributed by atoms with E-state index in [9.17, 15) is 4.79 Å². The topological polar surface area (TPSA) is 78.0 Å². The minimum absolute atomic E-state index is 0. The fourth-order valence-corrected chi connectivity index (χ4v) is 3.98. The molecule has 0 aromatic heterocycles. The zero-order valence-corrected chi connectivity index (χ0v) is 22.2. The Kier molecular flexibility index (Phi) is 11.6. The second-order valence-electron chi connectivity index (χ2n) is 8.98. The number of piperidine rings is 1. The molecule has 1 aliphatic rings. The van der Waals surface area contributed by atoms with Crippen LogP contribution in [-0.4, -0.2) is 62.6 Å². The van der Waals surface area contributed by atoms with Crippen molar-refractivity contribution in [1.29, 1.82) is 0 Å². The number of aliphatic imine (C=N–C) groups is 1. The maximum atomic E-state index is 12.1. The highest BCUT2D eigenvalue weighted by atomic mass is 127. The summed E-state index contributed by atoms with van der Waals surface area (Å²) in [5.74, 6) is 1.93. The normalized spacial score (nSPS) is 19.9. The summed E-state index contributed by atoms with van der Waals surface area (Å²) in [6, 6.07) is 8.72. The van der Waals surface area contributed by atoms with Gasteiger partial charge in [0.05, 0.1) is 7.11 Å². The number of rotatable bonds is 7. The van der Waals surface area contributed by atoms with E-state index in [0.717, 1.165) is 31.8 Å². The monoisotopic (exact) mass is 545 g/mol. The lowest BCUT2D eigenvalue weighted by Crippen LogP contribution is -2.46. The molecule has 0 aliphatic carbocycles. The SMILES string of the molecule is CCNC(=NCC(=O)NC(C)(C)C)NCC1CCCN(C)C1c1ccc(OC)cc1.I. The van der Waals surface area contributed by atoms with Crippen molar-refractivity contribution < 1.29 is 9.53 Å². The third-order valence-corrected chi connectivity index (χ3v) is 5.24. The number of methoxy groups -OCH3 is 1. The van der Waals surface area contributed by atoms with E-state index < -0.39 is 0 Å². The third-order valence-electron chi connectivity index (χ3n) is 5.24. The van der Waals surface area contributed by atoms with Gasteiger partial charge in [-0.3, -0.25) is 9.69 Å². The molecule has 7 nitrogen and oxygen atoms in total. The van der Waals surface area contributed by atoms with Crippen LogP contribution >= 0.6 is 24.0 Å². The van der Waals surface area contributed by atoms with Gasteiger partial charge in [-0.05, 0) is 77.7 Å². The summed E-state index contributed by atoms with van der Waals surface area (Å²) >= 11 is 0. The Labute approximate surface area is 204 Å². The lowest BCUT2D eigenvalue weighted by molar-refractivity contribution is -0.121. The van der Waals surface area contributed by atoms with Crippen molar-refractivity contribution in [1.82, 2.24) is 20.9 Å². The molecule has 2 rings (SSSR count). The van der Waals surface area contributed by atoms with Crippen molar-refractivity contribution in [3.63, 3.8) is 0 Å². The van der Waals surface area contributed by atoms with Crippen LogP contribution in [0.3, 0.4) is 0 Å². The molecule has 0 spiro atoms. The smallest absolute Gasteiger partial charge is 0.242 e. The zero-order chi connectivity index (χ0) is 22.1. The Hall–Kier alpha value is -1.55. The van der Waals surface area contributed by atoms with Crippen LogP contribution in [0.15, 0.2) is 29.3 Å². The van der Waals surface area contributed by atoms with Gasteiger partial charge in [-0.2, -0.15) is 0 Å². The van der Waals surface area contributed by atoms with E-state index in [4.69, 9.17) is 4.74 Å². The van der Waals surface area contributed by atoms with E-state index in [2.05, 4.69) is 45.0 Å². The molecule has 8 heteroatoms. The predicted molar refractivity (Wildman–Crippen MR) is 138 cm³/mol. The summed E-state index contributed by atoms with van der Waals surface area (Å²) in [6.45, 7) is 10.7. The zero-order valence-electron chi connectivity index (χ0n) is 19.8. The van der Waals surface area contributed by atoms with Gasteiger partial charge in [0.2, 0.25) is 5.91 Å².